The van der Waals surface area contributed by atoms with Gasteiger partial charge in [0.25, 0.3) is 0 Å². The smallest absolute Gasteiger partial charge is 0.120 e. The van der Waals surface area contributed by atoms with Crippen molar-refractivity contribution in [2.24, 2.45) is 0 Å². The van der Waals surface area contributed by atoms with Crippen LogP contribution in [0.5, 0.6) is 0 Å². The molecule has 0 unspecified atom stereocenters. The molecule has 0 saturated heterocycles. The Hall–Kier alpha value is -0.790. The Labute approximate surface area is 48.9 Å². The largest absolute Gasteiger partial charge is 0.386 e. The van der Waals surface area contributed by atoms with Gasteiger partial charge in [-0.1, -0.05) is 6.58 Å². The highest BCUT2D eigenvalue weighted by Gasteiger charge is 1.89. The maximum absolute atomic E-state index is 12.1. The molecule has 1 N–H and O–H groups in total. The van der Waals surface area contributed by atoms with Gasteiger partial charge in [-0.3, -0.25) is 0 Å². The summed E-state index contributed by atoms with van der Waals surface area (Å²) >= 11 is 0. The molecule has 0 saturated carbocycles. The van der Waals surface area contributed by atoms with Gasteiger partial charge in [-0.15, -0.1) is 0 Å². The molecule has 0 fully saturated rings. The van der Waals surface area contributed by atoms with Crippen LogP contribution in [0.4, 0.5) is 4.39 Å². The summed E-state index contributed by atoms with van der Waals surface area (Å²) in [6, 6.07) is 0. The van der Waals surface area contributed by atoms with E-state index in [2.05, 4.69) is 11.9 Å². The van der Waals surface area contributed by atoms with Crippen LogP contribution in [0.25, 0.3) is 0 Å². The van der Waals surface area contributed by atoms with Crippen LogP contribution in [-0.2, 0) is 0 Å². The summed E-state index contributed by atoms with van der Waals surface area (Å²) in [5.41, 5.74) is 0.449. The number of nitrogens with one attached hydrogen (secondary N) is 1. The fourth-order valence-corrected chi connectivity index (χ4v) is 0.415. The molecule has 0 aromatic carbocycles. The van der Waals surface area contributed by atoms with E-state index in [0.717, 1.165) is 0 Å². The first-order valence-electron chi connectivity index (χ1n) is 2.39. The minimum absolute atomic E-state index is 0.234. The summed E-state index contributed by atoms with van der Waals surface area (Å²) in [4.78, 5) is 0. The van der Waals surface area contributed by atoms with Crippen LogP contribution in [0.1, 0.15) is 6.92 Å². The molecular weight excluding hydrogens is 105 g/mol. The highest BCUT2D eigenvalue weighted by Crippen LogP contribution is 2.00. The van der Waals surface area contributed by atoms with Gasteiger partial charge >= 0.3 is 0 Å². The first-order valence-corrected chi connectivity index (χ1v) is 2.39. The summed E-state index contributed by atoms with van der Waals surface area (Å²) in [6.07, 6.45) is 1.44. The Morgan fingerprint density at radius 1 is 1.75 bits per heavy atom. The van der Waals surface area contributed by atoms with Crippen LogP contribution >= 0.6 is 0 Å². The van der Waals surface area contributed by atoms with E-state index in [4.69, 9.17) is 0 Å². The maximum atomic E-state index is 12.1. The summed E-state index contributed by atoms with van der Waals surface area (Å²) in [6.45, 7) is 4.78. The van der Waals surface area contributed by atoms with Crippen LogP contribution in [-0.4, -0.2) is 7.05 Å². The number of hydrogen-bond acceptors (Lipinski definition) is 1. The molecule has 0 amide bonds. The van der Waals surface area contributed by atoms with E-state index >= 15 is 0 Å². The molecule has 0 bridgehead atoms. The molecule has 0 rings (SSSR count). The van der Waals surface area contributed by atoms with Crippen molar-refractivity contribution in [3.05, 3.63) is 24.2 Å². The van der Waals surface area contributed by atoms with Gasteiger partial charge in [0.05, 0.1) is 5.70 Å². The quantitative estimate of drug-likeness (QED) is 0.539. The summed E-state index contributed by atoms with van der Waals surface area (Å²) in [7, 11) is 1.65. The molecule has 8 heavy (non-hydrogen) atoms. The molecule has 0 aromatic heterocycles. The molecule has 0 radical (unpaired) electrons. The highest BCUT2D eigenvalue weighted by atomic mass is 19.1. The Morgan fingerprint density at radius 3 is 2.25 bits per heavy atom. The minimum atomic E-state index is -0.234. The van der Waals surface area contributed by atoms with Crippen molar-refractivity contribution in [1.82, 2.24) is 5.32 Å². The number of allylic oxidation sites excluding steroid dienone is 2. The molecule has 0 aliphatic heterocycles. The molecule has 0 aliphatic carbocycles. The average molecular weight is 115 g/mol. The molecule has 0 spiro atoms. The molecule has 0 aromatic rings. The van der Waals surface area contributed by atoms with E-state index < -0.39 is 0 Å². The Bertz CT molecular complexity index is 112. The number of rotatable bonds is 2. The van der Waals surface area contributed by atoms with Gasteiger partial charge in [0, 0.05) is 7.05 Å². The van der Waals surface area contributed by atoms with Crippen molar-refractivity contribution in [2.45, 2.75) is 6.92 Å². The van der Waals surface area contributed by atoms with Gasteiger partial charge < -0.3 is 5.32 Å². The van der Waals surface area contributed by atoms with Gasteiger partial charge in [0.15, 0.2) is 0 Å². The third kappa shape index (κ3) is 1.78. The number of hydrogen-bond donors (Lipinski definition) is 1. The second kappa shape index (κ2) is 3.24. The van der Waals surface area contributed by atoms with Crippen molar-refractivity contribution >= 4 is 0 Å². The first kappa shape index (κ1) is 7.21. The van der Waals surface area contributed by atoms with Crippen LogP contribution in [0, 0.1) is 0 Å². The Kier molecular flexibility index (Phi) is 2.92. The van der Waals surface area contributed by atoms with Gasteiger partial charge in [0.1, 0.15) is 5.83 Å². The summed E-state index contributed by atoms with van der Waals surface area (Å²) < 4.78 is 12.1. The van der Waals surface area contributed by atoms with Crippen molar-refractivity contribution in [3.63, 3.8) is 0 Å². The number of likely N-dealkylation sites (N-methyl/N-ethyl adjacent to an activating group) is 1. The maximum Gasteiger partial charge on any atom is 0.120 e. The molecular formula is C6H10FN. The topological polar surface area (TPSA) is 12.0 Å². The lowest BCUT2D eigenvalue weighted by molar-refractivity contribution is 0.621. The number of halogens is 1. The van der Waals surface area contributed by atoms with Crippen LogP contribution in [0.2, 0.25) is 0 Å². The summed E-state index contributed by atoms with van der Waals surface area (Å²) in [5, 5.41) is 2.64. The SMILES string of the molecule is C=C/C(NC)=C(\C)F. The van der Waals surface area contributed by atoms with Crippen LogP contribution in [0.15, 0.2) is 24.2 Å². The van der Waals surface area contributed by atoms with Crippen molar-refractivity contribution in [1.29, 1.82) is 0 Å². The Balaban J connectivity index is 4.07. The van der Waals surface area contributed by atoms with Crippen LogP contribution < -0.4 is 5.32 Å². The van der Waals surface area contributed by atoms with Gasteiger partial charge in [-0.05, 0) is 13.0 Å². The van der Waals surface area contributed by atoms with E-state index in [9.17, 15) is 4.39 Å². The molecule has 0 heterocycles. The Morgan fingerprint density at radius 2 is 2.25 bits per heavy atom. The lowest BCUT2D eigenvalue weighted by atomic mass is 10.4. The minimum Gasteiger partial charge on any atom is -0.386 e. The predicted molar refractivity (Wildman–Crippen MR) is 33.1 cm³/mol. The van der Waals surface area contributed by atoms with E-state index in [-0.39, 0.29) is 5.83 Å². The molecule has 2 heteroatoms. The lowest BCUT2D eigenvalue weighted by Crippen LogP contribution is -2.03. The fraction of sp³-hybridized carbons (Fsp3) is 0.333. The first-order chi connectivity index (χ1) is 3.72. The highest BCUT2D eigenvalue weighted by molar-refractivity contribution is 5.15. The standard InChI is InChI=1S/C6H10FN/c1-4-6(8-3)5(2)7/h4,8H,1H2,2-3H3/b6-5-. The normalized spacial score (nSPS) is 12.4. The zero-order chi connectivity index (χ0) is 6.57. The monoisotopic (exact) mass is 115 g/mol. The van der Waals surface area contributed by atoms with Gasteiger partial charge in [-0.2, -0.15) is 0 Å². The zero-order valence-corrected chi connectivity index (χ0v) is 5.16. The fourth-order valence-electron chi connectivity index (χ4n) is 0.415. The van der Waals surface area contributed by atoms with Crippen molar-refractivity contribution in [2.75, 3.05) is 7.05 Å². The van der Waals surface area contributed by atoms with E-state index in [0.29, 0.717) is 5.70 Å². The zero-order valence-electron chi connectivity index (χ0n) is 5.16. The molecule has 0 atom stereocenters. The van der Waals surface area contributed by atoms with Crippen LogP contribution in [0.3, 0.4) is 0 Å². The van der Waals surface area contributed by atoms with Crippen molar-refractivity contribution < 1.29 is 4.39 Å². The second-order valence-corrected chi connectivity index (χ2v) is 1.40. The molecule has 0 aliphatic rings. The third-order valence-corrected chi connectivity index (χ3v) is 0.845. The third-order valence-electron chi connectivity index (χ3n) is 0.845. The van der Waals surface area contributed by atoms with Crippen molar-refractivity contribution in [3.8, 4) is 0 Å². The molecule has 46 valence electrons. The lowest BCUT2D eigenvalue weighted by Gasteiger charge is -1.97. The van der Waals surface area contributed by atoms with E-state index in [1.165, 1.54) is 13.0 Å². The van der Waals surface area contributed by atoms with Gasteiger partial charge in [0.2, 0.25) is 0 Å². The average Bonchev–Trinajstić information content (AvgIpc) is 1.69. The predicted octanol–water partition coefficient (Wildman–Crippen LogP) is 1.59. The van der Waals surface area contributed by atoms with E-state index in [1.807, 2.05) is 0 Å². The second-order valence-electron chi connectivity index (χ2n) is 1.40. The van der Waals surface area contributed by atoms with E-state index in [1.54, 1.807) is 7.05 Å². The summed E-state index contributed by atoms with van der Waals surface area (Å²) in [5.74, 6) is -0.234. The van der Waals surface area contributed by atoms with Gasteiger partial charge in [-0.25, -0.2) is 4.39 Å². The molecule has 1 nitrogen and oxygen atoms in total.